The molecule has 0 amide bonds. The van der Waals surface area contributed by atoms with Crippen LogP contribution in [0, 0.1) is 0 Å². The zero-order valence-electron chi connectivity index (χ0n) is 8.66. The Morgan fingerprint density at radius 1 is 1.60 bits per heavy atom. The summed E-state index contributed by atoms with van der Waals surface area (Å²) < 4.78 is 10.6. The van der Waals surface area contributed by atoms with Crippen molar-refractivity contribution in [1.29, 1.82) is 0 Å². The molecule has 0 saturated carbocycles. The molecule has 0 aromatic rings. The monoisotopic (exact) mass is 233 g/mol. The number of aliphatic hydroxyl groups excluding tert-OH is 2. The SMILES string of the molecule is CO[C@H]1O[C@H](CO)[C@@H](O)[C@@H]2SC(C)=N[C@H]12. The van der Waals surface area contributed by atoms with Gasteiger partial charge in [0.1, 0.15) is 12.1 Å². The molecular weight excluding hydrogens is 218 g/mol. The summed E-state index contributed by atoms with van der Waals surface area (Å²) in [5.41, 5.74) is 0. The molecule has 1 fully saturated rings. The van der Waals surface area contributed by atoms with Crippen molar-refractivity contribution in [3.05, 3.63) is 0 Å². The van der Waals surface area contributed by atoms with E-state index in [4.69, 9.17) is 14.6 Å². The average Bonchev–Trinajstić information content (AvgIpc) is 2.61. The van der Waals surface area contributed by atoms with E-state index >= 15 is 0 Å². The molecule has 2 aliphatic rings. The molecule has 2 rings (SSSR count). The molecule has 0 aliphatic carbocycles. The molecule has 86 valence electrons. The van der Waals surface area contributed by atoms with E-state index in [-0.39, 0.29) is 17.9 Å². The normalized spacial score (nSPS) is 45.1. The highest BCUT2D eigenvalue weighted by Crippen LogP contribution is 2.37. The van der Waals surface area contributed by atoms with Gasteiger partial charge in [-0.15, -0.1) is 11.8 Å². The number of thioether (sulfide) groups is 1. The number of rotatable bonds is 2. The Bertz CT molecular complexity index is 273. The third-order valence-electron chi connectivity index (χ3n) is 2.69. The smallest absolute Gasteiger partial charge is 0.181 e. The Labute approximate surface area is 92.5 Å². The standard InChI is InChI=1S/C9H15NO4S/c1-4-10-6-8(15-4)7(12)5(3-11)14-9(6)13-2/h5-9,11-12H,3H2,1-2H3/t5-,6+,7-,8-,9+/m1/s1. The van der Waals surface area contributed by atoms with E-state index in [1.165, 1.54) is 11.8 Å². The molecule has 15 heavy (non-hydrogen) atoms. The minimum atomic E-state index is -0.697. The Morgan fingerprint density at radius 3 is 2.93 bits per heavy atom. The van der Waals surface area contributed by atoms with Crippen molar-refractivity contribution in [3.8, 4) is 0 Å². The van der Waals surface area contributed by atoms with E-state index in [0.717, 1.165) is 5.04 Å². The minimum absolute atomic E-state index is 0.0687. The van der Waals surface area contributed by atoms with Crippen LogP contribution in [0.3, 0.4) is 0 Å². The van der Waals surface area contributed by atoms with Crippen LogP contribution in [0.1, 0.15) is 6.92 Å². The first kappa shape index (κ1) is 11.3. The van der Waals surface area contributed by atoms with Crippen LogP contribution in [0.25, 0.3) is 0 Å². The van der Waals surface area contributed by atoms with Crippen LogP contribution in [0.2, 0.25) is 0 Å². The lowest BCUT2D eigenvalue weighted by Crippen LogP contribution is -2.55. The number of ether oxygens (including phenoxy) is 2. The van der Waals surface area contributed by atoms with Gasteiger partial charge in [-0.25, -0.2) is 0 Å². The van der Waals surface area contributed by atoms with Crippen LogP contribution in [-0.4, -0.2) is 58.8 Å². The number of methoxy groups -OCH3 is 1. The Kier molecular flexibility index (Phi) is 3.32. The molecule has 0 bridgehead atoms. The largest absolute Gasteiger partial charge is 0.394 e. The van der Waals surface area contributed by atoms with Crippen molar-refractivity contribution < 1.29 is 19.7 Å². The number of nitrogens with zero attached hydrogens (tertiary/aromatic N) is 1. The van der Waals surface area contributed by atoms with E-state index < -0.39 is 18.5 Å². The molecule has 2 aliphatic heterocycles. The lowest BCUT2D eigenvalue weighted by Gasteiger charge is -2.39. The van der Waals surface area contributed by atoms with E-state index in [1.807, 2.05) is 6.92 Å². The predicted molar refractivity (Wildman–Crippen MR) is 57.0 cm³/mol. The molecule has 0 unspecified atom stereocenters. The summed E-state index contributed by atoms with van der Waals surface area (Å²) in [4.78, 5) is 4.37. The fraction of sp³-hybridized carbons (Fsp3) is 0.889. The second-order valence-corrected chi connectivity index (χ2v) is 5.04. The molecule has 0 spiro atoms. The van der Waals surface area contributed by atoms with Crippen LogP contribution in [0.5, 0.6) is 0 Å². The summed E-state index contributed by atoms with van der Waals surface area (Å²) >= 11 is 1.52. The van der Waals surface area contributed by atoms with Gasteiger partial charge in [-0.2, -0.15) is 0 Å². The highest BCUT2D eigenvalue weighted by Gasteiger charge is 2.48. The third kappa shape index (κ3) is 1.92. The molecule has 2 heterocycles. The topological polar surface area (TPSA) is 71.3 Å². The van der Waals surface area contributed by atoms with Crippen LogP contribution in [-0.2, 0) is 9.47 Å². The zero-order chi connectivity index (χ0) is 11.0. The lowest BCUT2D eigenvalue weighted by molar-refractivity contribution is -0.223. The molecule has 0 aromatic carbocycles. The average molecular weight is 233 g/mol. The summed E-state index contributed by atoms with van der Waals surface area (Å²) in [6.45, 7) is 1.69. The second kappa shape index (κ2) is 4.39. The summed E-state index contributed by atoms with van der Waals surface area (Å²) in [5.74, 6) is 0. The molecule has 5 atom stereocenters. The van der Waals surface area contributed by atoms with Crippen molar-refractivity contribution in [2.75, 3.05) is 13.7 Å². The Hall–Kier alpha value is -0.140. The fourth-order valence-corrected chi connectivity index (χ4v) is 3.18. The Morgan fingerprint density at radius 2 is 2.33 bits per heavy atom. The zero-order valence-corrected chi connectivity index (χ0v) is 9.48. The van der Waals surface area contributed by atoms with Crippen LogP contribution >= 0.6 is 11.8 Å². The molecular formula is C9H15NO4S. The van der Waals surface area contributed by atoms with Crippen LogP contribution < -0.4 is 0 Å². The van der Waals surface area contributed by atoms with Gasteiger partial charge >= 0.3 is 0 Å². The van der Waals surface area contributed by atoms with Crippen LogP contribution in [0.15, 0.2) is 4.99 Å². The van der Waals surface area contributed by atoms with Gasteiger partial charge in [-0.3, -0.25) is 4.99 Å². The lowest BCUT2D eigenvalue weighted by atomic mass is 10.0. The van der Waals surface area contributed by atoms with Gasteiger partial charge in [0.05, 0.1) is 23.0 Å². The number of aliphatic hydroxyl groups is 2. The molecule has 6 heteroatoms. The van der Waals surface area contributed by atoms with Crippen LogP contribution in [0.4, 0.5) is 0 Å². The quantitative estimate of drug-likeness (QED) is 0.680. The highest BCUT2D eigenvalue weighted by molar-refractivity contribution is 8.14. The fourth-order valence-electron chi connectivity index (χ4n) is 1.96. The van der Waals surface area contributed by atoms with Gasteiger partial charge in [-0.1, -0.05) is 0 Å². The number of hydrogen-bond acceptors (Lipinski definition) is 6. The van der Waals surface area contributed by atoms with E-state index in [9.17, 15) is 5.11 Å². The summed E-state index contributed by atoms with van der Waals surface area (Å²) in [6, 6.07) is -0.169. The van der Waals surface area contributed by atoms with Crippen molar-refractivity contribution in [2.45, 2.75) is 36.7 Å². The van der Waals surface area contributed by atoms with Gasteiger partial charge < -0.3 is 19.7 Å². The summed E-state index contributed by atoms with van der Waals surface area (Å²) in [7, 11) is 1.54. The molecule has 0 radical (unpaired) electrons. The van der Waals surface area contributed by atoms with Gasteiger partial charge in [0.2, 0.25) is 0 Å². The number of fused-ring (bicyclic) bond motifs is 1. The van der Waals surface area contributed by atoms with Crippen molar-refractivity contribution in [2.24, 2.45) is 4.99 Å². The maximum Gasteiger partial charge on any atom is 0.181 e. The second-order valence-electron chi connectivity index (χ2n) is 3.67. The first-order valence-corrected chi connectivity index (χ1v) is 5.73. The maximum atomic E-state index is 9.94. The van der Waals surface area contributed by atoms with Crippen molar-refractivity contribution in [1.82, 2.24) is 0 Å². The Balaban J connectivity index is 2.17. The molecule has 5 nitrogen and oxygen atoms in total. The van der Waals surface area contributed by atoms with Gasteiger partial charge in [0.15, 0.2) is 6.29 Å². The first-order valence-electron chi connectivity index (χ1n) is 4.85. The van der Waals surface area contributed by atoms with Gasteiger partial charge in [-0.05, 0) is 6.92 Å². The van der Waals surface area contributed by atoms with E-state index in [2.05, 4.69) is 4.99 Å². The van der Waals surface area contributed by atoms with Gasteiger partial charge in [0, 0.05) is 7.11 Å². The van der Waals surface area contributed by atoms with E-state index in [0.29, 0.717) is 0 Å². The van der Waals surface area contributed by atoms with Gasteiger partial charge in [0.25, 0.3) is 0 Å². The first-order chi connectivity index (χ1) is 7.17. The molecule has 0 aromatic heterocycles. The third-order valence-corrected chi connectivity index (χ3v) is 3.97. The molecule has 2 N–H and O–H groups in total. The van der Waals surface area contributed by atoms with E-state index in [1.54, 1.807) is 7.11 Å². The maximum absolute atomic E-state index is 9.94. The minimum Gasteiger partial charge on any atom is -0.394 e. The predicted octanol–water partition coefficient (Wildman–Crippen LogP) is -0.387. The number of hydrogen-bond donors (Lipinski definition) is 2. The van der Waals surface area contributed by atoms with Crippen molar-refractivity contribution >= 4 is 16.8 Å². The van der Waals surface area contributed by atoms with Crippen molar-refractivity contribution in [3.63, 3.8) is 0 Å². The highest BCUT2D eigenvalue weighted by atomic mass is 32.2. The molecule has 1 saturated heterocycles. The number of aliphatic imine (C=N–C) groups is 1. The summed E-state index contributed by atoms with van der Waals surface area (Å²) in [6.07, 6.45) is -1.75. The summed E-state index contributed by atoms with van der Waals surface area (Å²) in [5, 5.41) is 19.9.